The van der Waals surface area contributed by atoms with Gasteiger partial charge in [-0.25, -0.2) is 4.85 Å². The molecule has 234 valence electrons. The molecule has 11 heteroatoms. The number of aliphatic hydroxyl groups is 1. The van der Waals surface area contributed by atoms with Gasteiger partial charge in [-0.2, -0.15) is 5.26 Å². The van der Waals surface area contributed by atoms with Crippen molar-refractivity contribution in [2.24, 2.45) is 0 Å². The first-order valence-electron chi connectivity index (χ1n) is 14.3. The Bertz CT molecular complexity index is 1830. The standard InChI is InChI=1S/C35H29Cl2N3O6/c1-39-23-12-20(16-38)11-21(13-23)19-45-32-15-33(28(36)14-22(32)17-40-29(18-41)35(42)43)46-30-10-9-25-24(5-3-6-26(25)30)27-7-4-8-31(44-2)34(27)37/h3-8,11-15,29-30,40-41H,9-10,17-19H2,2H3,(H,42,43)/t29-,30-/m0/s1. The Kier molecular flexibility index (Phi) is 10.3. The molecule has 0 fully saturated rings. The van der Waals surface area contributed by atoms with E-state index in [4.69, 9.17) is 44.0 Å². The van der Waals surface area contributed by atoms with Crippen molar-refractivity contribution in [1.29, 1.82) is 5.26 Å². The fourth-order valence-corrected chi connectivity index (χ4v) is 6.01. The molecule has 4 aromatic carbocycles. The number of aliphatic carboxylic acids is 1. The molecule has 1 aliphatic carbocycles. The van der Waals surface area contributed by atoms with Crippen LogP contribution in [0.4, 0.5) is 5.69 Å². The van der Waals surface area contributed by atoms with Crippen LogP contribution in [0, 0.1) is 17.9 Å². The maximum absolute atomic E-state index is 11.5. The van der Waals surface area contributed by atoms with E-state index in [1.807, 2.05) is 36.4 Å². The van der Waals surface area contributed by atoms with E-state index in [2.05, 4.69) is 16.2 Å². The normalized spacial score (nSPS) is 14.1. The fourth-order valence-electron chi connectivity index (χ4n) is 5.47. The van der Waals surface area contributed by atoms with Crippen LogP contribution in [-0.2, 0) is 24.4 Å². The Labute approximate surface area is 276 Å². The van der Waals surface area contributed by atoms with Gasteiger partial charge in [-0.05, 0) is 65.4 Å². The van der Waals surface area contributed by atoms with Crippen molar-refractivity contribution in [3.63, 3.8) is 0 Å². The molecule has 0 aliphatic heterocycles. The van der Waals surface area contributed by atoms with Gasteiger partial charge >= 0.3 is 5.97 Å². The minimum Gasteiger partial charge on any atom is -0.495 e. The Hall–Kier alpha value is -4.77. The van der Waals surface area contributed by atoms with E-state index >= 15 is 0 Å². The Morgan fingerprint density at radius 2 is 1.89 bits per heavy atom. The van der Waals surface area contributed by atoms with E-state index in [0.29, 0.717) is 56.1 Å². The van der Waals surface area contributed by atoms with Gasteiger partial charge in [0, 0.05) is 29.3 Å². The summed E-state index contributed by atoms with van der Waals surface area (Å²) < 4.78 is 18.1. The lowest BCUT2D eigenvalue weighted by atomic mass is 9.96. The van der Waals surface area contributed by atoms with Crippen LogP contribution in [0.1, 0.15) is 40.3 Å². The number of ether oxygens (including phenoxy) is 3. The zero-order valence-corrected chi connectivity index (χ0v) is 26.2. The van der Waals surface area contributed by atoms with Crippen LogP contribution in [0.3, 0.4) is 0 Å². The highest BCUT2D eigenvalue weighted by atomic mass is 35.5. The van der Waals surface area contributed by atoms with Gasteiger partial charge < -0.3 is 24.4 Å². The Morgan fingerprint density at radius 1 is 1.11 bits per heavy atom. The van der Waals surface area contributed by atoms with Crippen LogP contribution in [0.2, 0.25) is 10.0 Å². The van der Waals surface area contributed by atoms with Crippen molar-refractivity contribution in [2.45, 2.75) is 38.1 Å². The predicted molar refractivity (Wildman–Crippen MR) is 174 cm³/mol. The summed E-state index contributed by atoms with van der Waals surface area (Å²) >= 11 is 13.4. The third-order valence-electron chi connectivity index (χ3n) is 7.72. The van der Waals surface area contributed by atoms with Crippen molar-refractivity contribution in [3.8, 4) is 34.4 Å². The number of fused-ring (bicyclic) bond motifs is 1. The molecule has 46 heavy (non-hydrogen) atoms. The molecule has 0 saturated heterocycles. The van der Waals surface area contributed by atoms with Gasteiger partial charge in [-0.3, -0.25) is 10.1 Å². The molecule has 0 heterocycles. The van der Waals surface area contributed by atoms with E-state index in [1.54, 1.807) is 31.4 Å². The summed E-state index contributed by atoms with van der Waals surface area (Å²) in [5.41, 5.74) is 5.76. The van der Waals surface area contributed by atoms with E-state index in [9.17, 15) is 20.3 Å². The first-order chi connectivity index (χ1) is 22.3. The highest BCUT2D eigenvalue weighted by molar-refractivity contribution is 6.35. The van der Waals surface area contributed by atoms with Gasteiger partial charge in [0.1, 0.15) is 36.0 Å². The third kappa shape index (κ3) is 7.04. The molecule has 4 aromatic rings. The third-order valence-corrected chi connectivity index (χ3v) is 8.41. The number of methoxy groups -OCH3 is 1. The number of nitriles is 1. The summed E-state index contributed by atoms with van der Waals surface area (Å²) in [6, 6.07) is 20.6. The lowest BCUT2D eigenvalue weighted by Gasteiger charge is -2.20. The van der Waals surface area contributed by atoms with E-state index < -0.39 is 18.6 Å². The molecule has 0 aromatic heterocycles. The number of halogens is 2. The highest BCUT2D eigenvalue weighted by Gasteiger charge is 2.28. The summed E-state index contributed by atoms with van der Waals surface area (Å²) in [5.74, 6) is 0.115. The topological polar surface area (TPSA) is 125 Å². The average molecular weight is 659 g/mol. The van der Waals surface area contributed by atoms with Crippen LogP contribution in [0.5, 0.6) is 17.2 Å². The van der Waals surface area contributed by atoms with Crippen LogP contribution in [0.15, 0.2) is 66.7 Å². The molecule has 0 bridgehead atoms. The number of hydrogen-bond acceptors (Lipinski definition) is 7. The minimum absolute atomic E-state index is 0.0192. The second-order valence-electron chi connectivity index (χ2n) is 10.6. The van der Waals surface area contributed by atoms with Crippen molar-refractivity contribution >= 4 is 34.9 Å². The summed E-state index contributed by atoms with van der Waals surface area (Å²) in [5, 5.41) is 31.9. The largest absolute Gasteiger partial charge is 0.495 e. The molecular formula is C35H29Cl2N3O6. The lowest BCUT2D eigenvalue weighted by molar-refractivity contribution is -0.140. The van der Waals surface area contributed by atoms with E-state index in [1.165, 1.54) is 6.07 Å². The van der Waals surface area contributed by atoms with Gasteiger partial charge in [0.2, 0.25) is 0 Å². The van der Waals surface area contributed by atoms with Crippen molar-refractivity contribution in [1.82, 2.24) is 5.32 Å². The average Bonchev–Trinajstić information content (AvgIpc) is 3.48. The second-order valence-corrected chi connectivity index (χ2v) is 11.4. The van der Waals surface area contributed by atoms with Gasteiger partial charge in [0.05, 0.1) is 36.4 Å². The maximum atomic E-state index is 11.5. The van der Waals surface area contributed by atoms with Crippen LogP contribution >= 0.6 is 23.2 Å². The molecule has 9 nitrogen and oxygen atoms in total. The molecule has 2 atom stereocenters. The van der Waals surface area contributed by atoms with Gasteiger partial charge in [0.15, 0.2) is 5.69 Å². The molecule has 5 rings (SSSR count). The van der Waals surface area contributed by atoms with Crippen LogP contribution in [0.25, 0.3) is 16.0 Å². The summed E-state index contributed by atoms with van der Waals surface area (Å²) in [4.78, 5) is 14.9. The molecule has 0 unspecified atom stereocenters. The SMILES string of the molecule is [C-]#[N+]c1cc(C#N)cc(COc2cc(O[C@H]3CCc4c(-c5cccc(OC)c5Cl)cccc43)c(Cl)cc2CN[C@@H](CO)C(=O)O)c1. The number of rotatable bonds is 12. The highest BCUT2D eigenvalue weighted by Crippen LogP contribution is 2.45. The number of benzene rings is 4. The van der Waals surface area contributed by atoms with Crippen molar-refractivity contribution in [2.75, 3.05) is 13.7 Å². The van der Waals surface area contributed by atoms with Crippen LogP contribution < -0.4 is 19.5 Å². The summed E-state index contributed by atoms with van der Waals surface area (Å²) in [6.45, 7) is 6.78. The molecule has 3 N–H and O–H groups in total. The smallest absolute Gasteiger partial charge is 0.323 e. The second kappa shape index (κ2) is 14.6. The number of carboxylic acids is 1. The monoisotopic (exact) mass is 657 g/mol. The van der Waals surface area contributed by atoms with Crippen molar-refractivity contribution in [3.05, 3.63) is 116 Å². The number of aliphatic hydroxyl groups excluding tert-OH is 1. The Balaban J connectivity index is 1.45. The zero-order chi connectivity index (χ0) is 32.8. The molecular weight excluding hydrogens is 629 g/mol. The number of nitrogens with zero attached hydrogens (tertiary/aromatic N) is 2. The van der Waals surface area contributed by atoms with Crippen molar-refractivity contribution < 1.29 is 29.2 Å². The number of hydrogen-bond donors (Lipinski definition) is 3. The van der Waals surface area contributed by atoms with Gasteiger partial charge in [0.25, 0.3) is 0 Å². The first-order valence-corrected chi connectivity index (χ1v) is 15.1. The number of carboxylic acid groups (broad SMARTS) is 1. The Morgan fingerprint density at radius 3 is 2.61 bits per heavy atom. The molecule has 0 spiro atoms. The number of nitrogens with one attached hydrogen (secondary N) is 1. The number of carbonyl (C=O) groups is 1. The predicted octanol–water partition coefficient (Wildman–Crippen LogP) is 7.27. The fraction of sp³-hybridized carbons (Fsp3) is 0.229. The molecule has 0 saturated carbocycles. The summed E-state index contributed by atoms with van der Waals surface area (Å²) in [6.07, 6.45) is 1.14. The van der Waals surface area contributed by atoms with Crippen LogP contribution in [-0.4, -0.2) is 35.9 Å². The van der Waals surface area contributed by atoms with E-state index in [0.717, 1.165) is 28.7 Å². The lowest BCUT2D eigenvalue weighted by Crippen LogP contribution is -2.39. The zero-order valence-electron chi connectivity index (χ0n) is 24.7. The minimum atomic E-state index is -1.20. The van der Waals surface area contributed by atoms with Gasteiger partial charge in [-0.15, -0.1) is 0 Å². The molecule has 0 radical (unpaired) electrons. The molecule has 0 amide bonds. The maximum Gasteiger partial charge on any atom is 0.323 e. The first kappa shape index (κ1) is 32.6. The van der Waals surface area contributed by atoms with E-state index in [-0.39, 0.29) is 19.3 Å². The molecule has 1 aliphatic rings. The quantitative estimate of drug-likeness (QED) is 0.136. The van der Waals surface area contributed by atoms with Gasteiger partial charge in [-0.1, -0.05) is 53.5 Å². The summed E-state index contributed by atoms with van der Waals surface area (Å²) in [7, 11) is 1.58.